The summed E-state index contributed by atoms with van der Waals surface area (Å²) in [6.45, 7) is 4.59. The van der Waals surface area contributed by atoms with Gasteiger partial charge in [0.1, 0.15) is 11.4 Å². The van der Waals surface area contributed by atoms with Gasteiger partial charge in [0.05, 0.1) is 6.61 Å². The topological polar surface area (TPSA) is 46.6 Å². The Balaban J connectivity index is 2.75. The molecule has 0 radical (unpaired) electrons. The van der Waals surface area contributed by atoms with Gasteiger partial charge in [-0.1, -0.05) is 6.92 Å². The van der Waals surface area contributed by atoms with Gasteiger partial charge >= 0.3 is 5.97 Å². The molecule has 100 valence electrons. The molecule has 0 fully saturated rings. The number of esters is 1. The van der Waals surface area contributed by atoms with Crippen molar-refractivity contribution in [1.82, 2.24) is 4.90 Å². The van der Waals surface area contributed by atoms with Crippen molar-refractivity contribution in [3.05, 3.63) is 20.8 Å². The van der Waals surface area contributed by atoms with Gasteiger partial charge in [0.15, 0.2) is 0 Å². The fourth-order valence-electron chi connectivity index (χ4n) is 1.47. The monoisotopic (exact) mass is 333 g/mol. The molecule has 4 nitrogen and oxygen atoms in total. The molecule has 6 heteroatoms. The molecular formula is C12H16BrNO3S. The number of hydrogen-bond acceptors (Lipinski definition) is 4. The average molecular weight is 334 g/mol. The fraction of sp³-hybridized carbons (Fsp3) is 0.500. The van der Waals surface area contributed by atoms with Crippen LogP contribution in [-0.2, 0) is 9.53 Å². The first-order valence-corrected chi connectivity index (χ1v) is 7.45. The van der Waals surface area contributed by atoms with Crippen molar-refractivity contribution in [3.63, 3.8) is 0 Å². The number of amides is 1. The third-order valence-corrected chi connectivity index (χ3v) is 4.04. The van der Waals surface area contributed by atoms with Gasteiger partial charge < -0.3 is 9.64 Å². The van der Waals surface area contributed by atoms with Crippen molar-refractivity contribution in [2.45, 2.75) is 20.3 Å². The quantitative estimate of drug-likeness (QED) is 0.752. The Morgan fingerprint density at radius 2 is 2.17 bits per heavy atom. The number of carbonyl (C=O) groups excluding carboxylic acids is 2. The lowest BCUT2D eigenvalue weighted by atomic mass is 10.3. The summed E-state index contributed by atoms with van der Waals surface area (Å²) in [6, 6.07) is 1.83. The van der Waals surface area contributed by atoms with Crippen LogP contribution < -0.4 is 0 Å². The fourth-order valence-corrected chi connectivity index (χ4v) is 2.98. The van der Waals surface area contributed by atoms with Gasteiger partial charge in [0.25, 0.3) is 5.91 Å². The van der Waals surface area contributed by atoms with Crippen LogP contribution in [0.2, 0.25) is 0 Å². The molecule has 0 aliphatic rings. The van der Waals surface area contributed by atoms with Crippen LogP contribution in [0.5, 0.6) is 0 Å². The Labute approximate surface area is 119 Å². The Hall–Kier alpha value is -0.880. The molecule has 0 aliphatic carbocycles. The van der Waals surface area contributed by atoms with Gasteiger partial charge in [-0.15, -0.1) is 11.3 Å². The molecule has 0 saturated carbocycles. The zero-order valence-corrected chi connectivity index (χ0v) is 12.8. The Bertz CT molecular complexity index is 419. The van der Waals surface area contributed by atoms with E-state index in [-0.39, 0.29) is 18.4 Å². The molecule has 0 aromatic carbocycles. The smallest absolute Gasteiger partial charge is 0.325 e. The van der Waals surface area contributed by atoms with Crippen molar-refractivity contribution in [2.24, 2.45) is 0 Å². The lowest BCUT2D eigenvalue weighted by Gasteiger charge is -2.20. The zero-order valence-electron chi connectivity index (χ0n) is 10.4. The Morgan fingerprint density at radius 1 is 1.44 bits per heavy atom. The van der Waals surface area contributed by atoms with Gasteiger partial charge in [-0.3, -0.25) is 9.59 Å². The van der Waals surface area contributed by atoms with Crippen LogP contribution in [0.4, 0.5) is 0 Å². The molecule has 1 aromatic rings. The first-order chi connectivity index (χ1) is 8.60. The molecule has 1 aromatic heterocycles. The van der Waals surface area contributed by atoms with Crippen molar-refractivity contribution in [2.75, 3.05) is 19.7 Å². The van der Waals surface area contributed by atoms with E-state index in [1.165, 1.54) is 16.2 Å². The SMILES string of the molecule is CCCN(CC(=O)OCC)C(=O)c1sccc1Br. The summed E-state index contributed by atoms with van der Waals surface area (Å²) >= 11 is 4.69. The van der Waals surface area contributed by atoms with Gasteiger partial charge in [0.2, 0.25) is 0 Å². The minimum Gasteiger partial charge on any atom is -0.465 e. The lowest BCUT2D eigenvalue weighted by Crippen LogP contribution is -2.36. The molecule has 0 atom stereocenters. The summed E-state index contributed by atoms with van der Waals surface area (Å²) in [5.41, 5.74) is 0. The lowest BCUT2D eigenvalue weighted by molar-refractivity contribution is -0.143. The number of carbonyl (C=O) groups is 2. The van der Waals surface area contributed by atoms with Gasteiger partial charge in [-0.2, -0.15) is 0 Å². The van der Waals surface area contributed by atoms with Gasteiger partial charge in [-0.25, -0.2) is 0 Å². The first kappa shape index (κ1) is 15.2. The number of nitrogens with zero attached hydrogens (tertiary/aromatic N) is 1. The maximum absolute atomic E-state index is 12.3. The van der Waals surface area contributed by atoms with E-state index in [9.17, 15) is 9.59 Å². The second-order valence-corrected chi connectivity index (χ2v) is 5.40. The van der Waals surface area contributed by atoms with Crippen molar-refractivity contribution in [1.29, 1.82) is 0 Å². The van der Waals surface area contributed by atoms with Crippen molar-refractivity contribution >= 4 is 39.1 Å². The van der Waals surface area contributed by atoms with Crippen LogP contribution in [0, 0.1) is 0 Å². The molecule has 0 N–H and O–H groups in total. The number of halogens is 1. The highest BCUT2D eigenvalue weighted by Crippen LogP contribution is 2.24. The standard InChI is InChI=1S/C12H16BrNO3S/c1-3-6-14(8-10(15)17-4-2)12(16)11-9(13)5-7-18-11/h5,7H,3-4,6,8H2,1-2H3. The summed E-state index contributed by atoms with van der Waals surface area (Å²) in [5, 5.41) is 1.84. The van der Waals surface area contributed by atoms with Crippen molar-refractivity contribution in [3.8, 4) is 0 Å². The molecule has 0 saturated heterocycles. The number of rotatable bonds is 6. The highest BCUT2D eigenvalue weighted by Gasteiger charge is 2.21. The first-order valence-electron chi connectivity index (χ1n) is 5.78. The third-order valence-electron chi connectivity index (χ3n) is 2.22. The maximum Gasteiger partial charge on any atom is 0.325 e. The minimum absolute atomic E-state index is 0.00481. The summed E-state index contributed by atoms with van der Waals surface area (Å²) in [5.74, 6) is -0.501. The highest BCUT2D eigenvalue weighted by atomic mass is 79.9. The predicted octanol–water partition coefficient (Wildman–Crippen LogP) is 2.93. The second-order valence-electron chi connectivity index (χ2n) is 3.63. The van der Waals surface area contributed by atoms with E-state index in [1.807, 2.05) is 18.4 Å². The number of hydrogen-bond donors (Lipinski definition) is 0. The van der Waals surface area contributed by atoms with E-state index in [0.717, 1.165) is 10.9 Å². The van der Waals surface area contributed by atoms with Crippen LogP contribution >= 0.6 is 27.3 Å². The van der Waals surface area contributed by atoms with E-state index >= 15 is 0 Å². The van der Waals surface area contributed by atoms with Crippen LogP contribution in [0.1, 0.15) is 29.9 Å². The third kappa shape index (κ3) is 4.10. The Morgan fingerprint density at radius 3 is 2.67 bits per heavy atom. The molecular weight excluding hydrogens is 318 g/mol. The average Bonchev–Trinajstić information content (AvgIpc) is 2.74. The van der Waals surface area contributed by atoms with E-state index < -0.39 is 0 Å². The maximum atomic E-state index is 12.3. The van der Waals surface area contributed by atoms with Crippen LogP contribution in [0.15, 0.2) is 15.9 Å². The normalized spacial score (nSPS) is 10.2. The van der Waals surface area contributed by atoms with E-state index in [0.29, 0.717) is 18.0 Å². The molecule has 0 bridgehead atoms. The summed E-state index contributed by atoms with van der Waals surface area (Å²) in [6.07, 6.45) is 0.800. The minimum atomic E-state index is -0.369. The number of thiophene rings is 1. The zero-order chi connectivity index (χ0) is 13.5. The molecule has 1 heterocycles. The van der Waals surface area contributed by atoms with E-state index in [4.69, 9.17) is 4.74 Å². The largest absolute Gasteiger partial charge is 0.465 e. The molecule has 1 amide bonds. The molecule has 18 heavy (non-hydrogen) atoms. The van der Waals surface area contributed by atoms with Crippen LogP contribution in [0.25, 0.3) is 0 Å². The number of ether oxygens (including phenoxy) is 1. The van der Waals surface area contributed by atoms with Crippen LogP contribution in [0.3, 0.4) is 0 Å². The van der Waals surface area contributed by atoms with Crippen LogP contribution in [-0.4, -0.2) is 36.5 Å². The molecule has 1 rings (SSSR count). The predicted molar refractivity (Wildman–Crippen MR) is 74.8 cm³/mol. The summed E-state index contributed by atoms with van der Waals surface area (Å²) in [4.78, 5) is 25.9. The molecule has 0 aliphatic heterocycles. The second kappa shape index (κ2) is 7.53. The molecule has 0 unspecified atom stereocenters. The van der Waals surface area contributed by atoms with E-state index in [1.54, 1.807) is 6.92 Å². The summed E-state index contributed by atoms with van der Waals surface area (Å²) in [7, 11) is 0. The van der Waals surface area contributed by atoms with Gasteiger partial charge in [-0.05, 0) is 40.7 Å². The summed E-state index contributed by atoms with van der Waals surface area (Å²) < 4.78 is 5.64. The van der Waals surface area contributed by atoms with E-state index in [2.05, 4.69) is 15.9 Å². The Kier molecular flexibility index (Phi) is 6.35. The highest BCUT2D eigenvalue weighted by molar-refractivity contribution is 9.10. The van der Waals surface area contributed by atoms with Gasteiger partial charge in [0, 0.05) is 11.0 Å². The van der Waals surface area contributed by atoms with Crippen molar-refractivity contribution < 1.29 is 14.3 Å². The molecule has 0 spiro atoms.